The molecule has 2 aliphatic heterocycles. The number of aryl methyl sites for hydroxylation is 1. The normalized spacial score (nSPS) is 36.0. The number of epoxide rings is 2. The molecular formula is C15H18O5S. The molecule has 6 heteroatoms. The SMILES string of the molecule is C=C[C@@H]1O[C@@]1([C@H](O)[C@H]1O[C@@H]1C)S(=O)(=O)c1ccc(C)cc1. The maximum Gasteiger partial charge on any atom is 0.232 e. The molecule has 0 saturated carbocycles. The van der Waals surface area contributed by atoms with E-state index in [1.807, 2.05) is 6.92 Å². The van der Waals surface area contributed by atoms with Crippen molar-refractivity contribution in [2.24, 2.45) is 0 Å². The van der Waals surface area contributed by atoms with Crippen LogP contribution < -0.4 is 0 Å². The van der Waals surface area contributed by atoms with Gasteiger partial charge in [-0.25, -0.2) is 8.42 Å². The van der Waals surface area contributed by atoms with Gasteiger partial charge in [-0.15, -0.1) is 6.58 Å². The molecule has 2 saturated heterocycles. The van der Waals surface area contributed by atoms with Crippen molar-refractivity contribution in [2.75, 3.05) is 0 Å². The van der Waals surface area contributed by atoms with E-state index in [1.54, 1.807) is 19.1 Å². The van der Waals surface area contributed by atoms with Gasteiger partial charge in [0.25, 0.3) is 0 Å². The molecule has 114 valence electrons. The van der Waals surface area contributed by atoms with E-state index in [4.69, 9.17) is 9.47 Å². The second-order valence-electron chi connectivity index (χ2n) is 5.56. The summed E-state index contributed by atoms with van der Waals surface area (Å²) >= 11 is 0. The maximum absolute atomic E-state index is 12.9. The van der Waals surface area contributed by atoms with E-state index in [9.17, 15) is 13.5 Å². The van der Waals surface area contributed by atoms with Crippen molar-refractivity contribution in [3.63, 3.8) is 0 Å². The molecule has 3 rings (SSSR count). The van der Waals surface area contributed by atoms with Gasteiger partial charge in [0.1, 0.15) is 18.3 Å². The first-order valence-corrected chi connectivity index (χ1v) is 8.28. The van der Waals surface area contributed by atoms with Crippen LogP contribution in [0.25, 0.3) is 0 Å². The molecule has 5 atom stereocenters. The van der Waals surface area contributed by atoms with Crippen LogP contribution in [0.1, 0.15) is 12.5 Å². The highest BCUT2D eigenvalue weighted by atomic mass is 32.2. The summed E-state index contributed by atoms with van der Waals surface area (Å²) in [6.07, 6.45) is -1.24. The van der Waals surface area contributed by atoms with Crippen molar-refractivity contribution in [3.8, 4) is 0 Å². The number of aliphatic hydroxyl groups excluding tert-OH is 1. The topological polar surface area (TPSA) is 79.4 Å². The zero-order chi connectivity index (χ0) is 15.4. The van der Waals surface area contributed by atoms with Crippen LogP contribution >= 0.6 is 0 Å². The van der Waals surface area contributed by atoms with Crippen LogP contribution in [0.3, 0.4) is 0 Å². The third-order valence-electron chi connectivity index (χ3n) is 4.10. The fraction of sp³-hybridized carbons (Fsp3) is 0.467. The number of aliphatic hydroxyl groups is 1. The number of hydrogen-bond donors (Lipinski definition) is 1. The number of ether oxygens (including phenoxy) is 2. The van der Waals surface area contributed by atoms with Crippen molar-refractivity contribution < 1.29 is 23.0 Å². The molecule has 1 aromatic carbocycles. The second kappa shape index (κ2) is 4.64. The summed E-state index contributed by atoms with van der Waals surface area (Å²) in [5.41, 5.74) is 0.958. The fourth-order valence-corrected chi connectivity index (χ4v) is 4.60. The molecule has 2 fully saturated rings. The number of hydrogen-bond acceptors (Lipinski definition) is 5. The first-order valence-electron chi connectivity index (χ1n) is 6.80. The summed E-state index contributed by atoms with van der Waals surface area (Å²) < 4.78 is 36.4. The predicted octanol–water partition coefficient (Wildman–Crippen LogP) is 1.20. The molecule has 1 aromatic rings. The average Bonchev–Trinajstić information content (AvgIpc) is 3.33. The molecule has 2 aliphatic rings. The number of sulfone groups is 1. The van der Waals surface area contributed by atoms with E-state index in [2.05, 4.69) is 6.58 Å². The van der Waals surface area contributed by atoms with Crippen LogP contribution in [0, 0.1) is 6.92 Å². The molecule has 0 aliphatic carbocycles. The Labute approximate surface area is 124 Å². The smallest absolute Gasteiger partial charge is 0.232 e. The molecule has 21 heavy (non-hydrogen) atoms. The Bertz CT molecular complexity index is 666. The van der Waals surface area contributed by atoms with Crippen molar-refractivity contribution in [1.82, 2.24) is 0 Å². The van der Waals surface area contributed by atoms with Crippen LogP contribution in [-0.4, -0.2) is 42.9 Å². The highest BCUT2D eigenvalue weighted by Gasteiger charge is 2.73. The first kappa shape index (κ1) is 14.7. The minimum absolute atomic E-state index is 0.129. The molecule has 5 nitrogen and oxygen atoms in total. The Morgan fingerprint density at radius 2 is 1.95 bits per heavy atom. The van der Waals surface area contributed by atoms with E-state index in [-0.39, 0.29) is 11.0 Å². The first-order chi connectivity index (χ1) is 9.84. The van der Waals surface area contributed by atoms with Gasteiger partial charge in [-0.05, 0) is 26.0 Å². The predicted molar refractivity (Wildman–Crippen MR) is 76.5 cm³/mol. The standard InChI is InChI=1S/C15H18O5S/c1-4-12-15(20-12,14(16)13-10(3)19-13)21(17,18)11-7-5-9(2)6-8-11/h4-8,10,12-14,16H,1H2,2-3H3/t10-,12+,13+,14-,15-/m1/s1. The van der Waals surface area contributed by atoms with Gasteiger partial charge in [0.15, 0.2) is 0 Å². The summed E-state index contributed by atoms with van der Waals surface area (Å²) in [5.74, 6) is 0. The van der Waals surface area contributed by atoms with Crippen LogP contribution in [-0.2, 0) is 19.3 Å². The molecule has 0 unspecified atom stereocenters. The Hall–Kier alpha value is -1.21. The summed E-state index contributed by atoms with van der Waals surface area (Å²) in [4.78, 5) is -1.55. The van der Waals surface area contributed by atoms with Gasteiger partial charge in [0, 0.05) is 0 Å². The largest absolute Gasteiger partial charge is 0.386 e. The molecule has 0 amide bonds. The van der Waals surface area contributed by atoms with Crippen molar-refractivity contribution >= 4 is 9.84 Å². The van der Waals surface area contributed by atoms with E-state index in [0.717, 1.165) is 5.56 Å². The van der Waals surface area contributed by atoms with Crippen LogP contribution in [0.5, 0.6) is 0 Å². The maximum atomic E-state index is 12.9. The van der Waals surface area contributed by atoms with Crippen molar-refractivity contribution in [1.29, 1.82) is 0 Å². The highest BCUT2D eigenvalue weighted by Crippen LogP contribution is 2.51. The van der Waals surface area contributed by atoms with Gasteiger partial charge in [0.05, 0.1) is 11.0 Å². The monoisotopic (exact) mass is 310 g/mol. The van der Waals surface area contributed by atoms with Crippen molar-refractivity contribution in [2.45, 2.75) is 48.1 Å². The lowest BCUT2D eigenvalue weighted by Crippen LogP contribution is -2.43. The van der Waals surface area contributed by atoms with Gasteiger partial charge in [0.2, 0.25) is 14.8 Å². The molecule has 0 radical (unpaired) electrons. The summed E-state index contributed by atoms with van der Waals surface area (Å²) in [6.45, 7) is 7.24. The van der Waals surface area contributed by atoms with Gasteiger partial charge >= 0.3 is 0 Å². The number of rotatable bonds is 5. The fourth-order valence-electron chi connectivity index (χ4n) is 2.65. The van der Waals surface area contributed by atoms with Gasteiger partial charge in [-0.1, -0.05) is 23.8 Å². The second-order valence-corrected chi connectivity index (χ2v) is 7.68. The van der Waals surface area contributed by atoms with E-state index in [0.29, 0.717) is 0 Å². The lowest BCUT2D eigenvalue weighted by molar-refractivity contribution is 0.0856. The molecule has 0 aromatic heterocycles. The number of benzene rings is 1. The molecule has 1 N–H and O–H groups in total. The van der Waals surface area contributed by atoms with Gasteiger partial charge < -0.3 is 14.6 Å². The summed E-state index contributed by atoms with van der Waals surface area (Å²) in [6, 6.07) is 6.49. The summed E-state index contributed by atoms with van der Waals surface area (Å²) in [5, 5.41) is 10.4. The van der Waals surface area contributed by atoms with E-state index in [1.165, 1.54) is 18.2 Å². The highest BCUT2D eigenvalue weighted by molar-refractivity contribution is 7.93. The third-order valence-corrected chi connectivity index (χ3v) is 6.40. The van der Waals surface area contributed by atoms with Crippen LogP contribution in [0.2, 0.25) is 0 Å². The quantitative estimate of drug-likeness (QED) is 0.653. The zero-order valence-electron chi connectivity index (χ0n) is 11.9. The minimum Gasteiger partial charge on any atom is -0.386 e. The van der Waals surface area contributed by atoms with Crippen molar-refractivity contribution in [3.05, 3.63) is 42.5 Å². The lowest BCUT2D eigenvalue weighted by atomic mass is 10.1. The zero-order valence-corrected chi connectivity index (χ0v) is 12.7. The molecular weight excluding hydrogens is 292 g/mol. The van der Waals surface area contributed by atoms with Crippen LogP contribution in [0.4, 0.5) is 0 Å². The average molecular weight is 310 g/mol. The lowest BCUT2D eigenvalue weighted by Gasteiger charge is -2.19. The van der Waals surface area contributed by atoms with Crippen LogP contribution in [0.15, 0.2) is 41.8 Å². The Balaban J connectivity index is 2.01. The van der Waals surface area contributed by atoms with E-state index >= 15 is 0 Å². The van der Waals surface area contributed by atoms with E-state index < -0.39 is 33.1 Å². The Morgan fingerprint density at radius 1 is 1.38 bits per heavy atom. The van der Waals surface area contributed by atoms with Gasteiger partial charge in [-0.2, -0.15) is 0 Å². The summed E-state index contributed by atoms with van der Waals surface area (Å²) in [7, 11) is -3.86. The molecule has 0 bridgehead atoms. The molecule has 2 heterocycles. The molecule has 0 spiro atoms. The third kappa shape index (κ3) is 2.05. The Morgan fingerprint density at radius 3 is 2.38 bits per heavy atom. The Kier molecular flexibility index (Phi) is 3.25. The minimum atomic E-state index is -3.86. The van der Waals surface area contributed by atoms with Gasteiger partial charge in [-0.3, -0.25) is 0 Å².